The summed E-state index contributed by atoms with van der Waals surface area (Å²) >= 11 is 0. The summed E-state index contributed by atoms with van der Waals surface area (Å²) in [6, 6.07) is 0. The Morgan fingerprint density at radius 3 is 3.31 bits per heavy atom. The van der Waals surface area contributed by atoms with Gasteiger partial charge in [0, 0.05) is 0 Å². The van der Waals surface area contributed by atoms with Gasteiger partial charge in [0.25, 0.3) is 5.78 Å². The number of nitrogens with one attached hydrogen (secondary N) is 1. The predicted molar refractivity (Wildman–Crippen MR) is 42.6 cm³/mol. The van der Waals surface area contributed by atoms with Crippen LogP contribution in [0.4, 0.5) is 5.82 Å². The van der Waals surface area contributed by atoms with E-state index in [2.05, 4.69) is 30.5 Å². The minimum absolute atomic E-state index is 0.345. The number of tetrazole rings is 1. The van der Waals surface area contributed by atoms with Crippen LogP contribution in [0.5, 0.6) is 0 Å². The molecule has 3 rings (SSSR count). The zero-order valence-corrected chi connectivity index (χ0v) is 6.34. The van der Waals surface area contributed by atoms with Gasteiger partial charge in [-0.05, 0) is 10.4 Å². The quantitative estimate of drug-likeness (QED) is 0.453. The molecule has 0 bridgehead atoms. The van der Waals surface area contributed by atoms with Crippen molar-refractivity contribution in [1.29, 1.82) is 0 Å². The summed E-state index contributed by atoms with van der Waals surface area (Å²) in [5.74, 6) is 0.750. The Bertz CT molecular complexity index is 528. The fourth-order valence-electron chi connectivity index (χ4n) is 1.17. The summed E-state index contributed by atoms with van der Waals surface area (Å²) in [5.41, 5.74) is 6.91. The van der Waals surface area contributed by atoms with Crippen molar-refractivity contribution in [2.45, 2.75) is 0 Å². The molecule has 0 aliphatic carbocycles. The second-order valence-electron chi connectivity index (χ2n) is 2.49. The van der Waals surface area contributed by atoms with Crippen LogP contribution in [-0.2, 0) is 0 Å². The molecular formula is C5H4N8. The summed E-state index contributed by atoms with van der Waals surface area (Å²) in [6.45, 7) is 0. The van der Waals surface area contributed by atoms with Crippen molar-refractivity contribution < 1.29 is 0 Å². The molecule has 0 fully saturated rings. The Morgan fingerprint density at radius 1 is 1.46 bits per heavy atom. The first kappa shape index (κ1) is 6.29. The molecule has 0 aromatic carbocycles. The highest BCUT2D eigenvalue weighted by Gasteiger charge is 2.09. The zero-order chi connectivity index (χ0) is 8.84. The van der Waals surface area contributed by atoms with Gasteiger partial charge in [-0.25, -0.2) is 4.98 Å². The third-order valence-electron chi connectivity index (χ3n) is 1.76. The molecule has 13 heavy (non-hydrogen) atoms. The van der Waals surface area contributed by atoms with Gasteiger partial charge in [0.2, 0.25) is 0 Å². The Balaban J connectivity index is 2.67. The zero-order valence-electron chi connectivity index (χ0n) is 6.34. The Hall–Kier alpha value is -2.25. The number of anilines is 1. The number of H-pyrrole nitrogens is 1. The lowest BCUT2D eigenvalue weighted by Gasteiger charge is -1.95. The van der Waals surface area contributed by atoms with Crippen molar-refractivity contribution in [3.63, 3.8) is 0 Å². The molecule has 0 unspecified atom stereocenters. The van der Waals surface area contributed by atoms with E-state index in [-0.39, 0.29) is 0 Å². The van der Waals surface area contributed by atoms with Crippen LogP contribution in [0.15, 0.2) is 6.33 Å². The first-order chi connectivity index (χ1) is 6.36. The Kier molecular flexibility index (Phi) is 0.925. The molecule has 3 aromatic heterocycles. The van der Waals surface area contributed by atoms with E-state index in [4.69, 9.17) is 5.73 Å². The summed E-state index contributed by atoms with van der Waals surface area (Å²) in [7, 11) is 0. The molecule has 0 amide bonds. The van der Waals surface area contributed by atoms with Gasteiger partial charge < -0.3 is 10.7 Å². The normalized spacial score (nSPS) is 11.4. The molecule has 64 valence electrons. The average molecular weight is 176 g/mol. The molecule has 0 saturated heterocycles. The second-order valence-corrected chi connectivity index (χ2v) is 2.49. The van der Waals surface area contributed by atoms with Gasteiger partial charge in [-0.1, -0.05) is 5.10 Å². The van der Waals surface area contributed by atoms with E-state index in [1.54, 1.807) is 0 Å². The molecule has 0 aliphatic heterocycles. The number of rotatable bonds is 0. The van der Waals surface area contributed by atoms with Gasteiger partial charge in [0.05, 0.1) is 6.33 Å². The molecule has 0 atom stereocenters. The van der Waals surface area contributed by atoms with E-state index < -0.39 is 0 Å². The Morgan fingerprint density at radius 2 is 2.38 bits per heavy atom. The number of aromatic nitrogens is 7. The topological polar surface area (TPSA) is 111 Å². The van der Waals surface area contributed by atoms with Crippen molar-refractivity contribution in [2.24, 2.45) is 0 Å². The standard InChI is InChI=1S/C5H4N8/c6-3-2-4(8-1-7-2)9-5-10-11-12-13(3)5/h1H,6H2,(H,7,8,9,10,12). The largest absolute Gasteiger partial charge is 0.382 e. The lowest BCUT2D eigenvalue weighted by Crippen LogP contribution is -2.01. The number of fused-ring (bicyclic) bond motifs is 2. The van der Waals surface area contributed by atoms with Crippen molar-refractivity contribution in [3.8, 4) is 0 Å². The number of nitrogens with two attached hydrogens (primary N) is 1. The first-order valence-electron chi connectivity index (χ1n) is 3.53. The highest BCUT2D eigenvalue weighted by molar-refractivity contribution is 5.82. The first-order valence-corrected chi connectivity index (χ1v) is 3.53. The minimum atomic E-state index is 0.345. The van der Waals surface area contributed by atoms with Crippen LogP contribution < -0.4 is 5.73 Å². The molecule has 0 radical (unpaired) electrons. The van der Waals surface area contributed by atoms with E-state index in [1.807, 2.05) is 0 Å². The van der Waals surface area contributed by atoms with Crippen molar-refractivity contribution >= 4 is 22.8 Å². The van der Waals surface area contributed by atoms with E-state index in [1.165, 1.54) is 10.8 Å². The molecule has 0 spiro atoms. The fraction of sp³-hybridized carbons (Fsp3) is 0. The van der Waals surface area contributed by atoms with Crippen molar-refractivity contribution in [2.75, 3.05) is 5.73 Å². The van der Waals surface area contributed by atoms with Gasteiger partial charge in [-0.2, -0.15) is 9.50 Å². The number of nitrogen functional groups attached to an aromatic ring is 1. The van der Waals surface area contributed by atoms with Crippen LogP contribution in [0.1, 0.15) is 0 Å². The summed E-state index contributed by atoms with van der Waals surface area (Å²) in [4.78, 5) is 10.9. The van der Waals surface area contributed by atoms with Crippen LogP contribution in [0.25, 0.3) is 16.9 Å². The summed E-state index contributed by atoms with van der Waals surface area (Å²) in [6.07, 6.45) is 1.51. The van der Waals surface area contributed by atoms with E-state index in [9.17, 15) is 0 Å². The molecule has 3 aromatic rings. The number of imidazole rings is 1. The maximum absolute atomic E-state index is 5.75. The molecule has 3 N–H and O–H groups in total. The summed E-state index contributed by atoms with van der Waals surface area (Å²) < 4.78 is 1.35. The SMILES string of the molecule is Nc1c2[nH]cnc2nc2nnnn12. The maximum atomic E-state index is 5.75. The van der Waals surface area contributed by atoms with Gasteiger partial charge in [-0.15, -0.1) is 0 Å². The highest BCUT2D eigenvalue weighted by Crippen LogP contribution is 2.14. The van der Waals surface area contributed by atoms with Gasteiger partial charge in [0.1, 0.15) is 5.52 Å². The van der Waals surface area contributed by atoms with E-state index >= 15 is 0 Å². The van der Waals surface area contributed by atoms with Crippen molar-refractivity contribution in [3.05, 3.63) is 6.33 Å². The Labute approximate surface area is 70.8 Å². The van der Waals surface area contributed by atoms with E-state index in [0.717, 1.165) is 0 Å². The number of hydrogen-bond acceptors (Lipinski definition) is 6. The molecule has 0 saturated carbocycles. The second kappa shape index (κ2) is 1.91. The monoisotopic (exact) mass is 176 g/mol. The molecule has 0 aliphatic rings. The lowest BCUT2D eigenvalue weighted by atomic mass is 10.5. The van der Waals surface area contributed by atoms with E-state index in [0.29, 0.717) is 22.8 Å². The molecule has 8 nitrogen and oxygen atoms in total. The third kappa shape index (κ3) is 0.662. The van der Waals surface area contributed by atoms with Crippen LogP contribution in [-0.4, -0.2) is 35.0 Å². The lowest BCUT2D eigenvalue weighted by molar-refractivity contribution is 0.830. The third-order valence-corrected chi connectivity index (χ3v) is 1.76. The highest BCUT2D eigenvalue weighted by atomic mass is 15.5. The predicted octanol–water partition coefficient (Wildman–Crippen LogP) is -1.02. The van der Waals surface area contributed by atoms with Gasteiger partial charge in [-0.3, -0.25) is 0 Å². The molecule has 8 heteroatoms. The van der Waals surface area contributed by atoms with Gasteiger partial charge >= 0.3 is 0 Å². The number of aromatic amines is 1. The van der Waals surface area contributed by atoms with Crippen LogP contribution in [0.3, 0.4) is 0 Å². The summed E-state index contributed by atoms with van der Waals surface area (Å²) in [5, 5.41) is 10.8. The fourth-order valence-corrected chi connectivity index (χ4v) is 1.17. The van der Waals surface area contributed by atoms with Crippen LogP contribution in [0.2, 0.25) is 0 Å². The van der Waals surface area contributed by atoms with Crippen molar-refractivity contribution in [1.82, 2.24) is 35.0 Å². The maximum Gasteiger partial charge on any atom is 0.277 e. The number of hydrogen-bond donors (Lipinski definition) is 2. The molecule has 3 heterocycles. The van der Waals surface area contributed by atoms with Crippen LogP contribution >= 0.6 is 0 Å². The molecular weight excluding hydrogens is 172 g/mol. The number of nitrogens with zero attached hydrogens (tertiary/aromatic N) is 6. The smallest absolute Gasteiger partial charge is 0.277 e. The van der Waals surface area contributed by atoms with Crippen LogP contribution in [0, 0.1) is 0 Å². The van der Waals surface area contributed by atoms with Gasteiger partial charge in [0.15, 0.2) is 11.5 Å². The average Bonchev–Trinajstić information content (AvgIpc) is 2.71. The minimum Gasteiger partial charge on any atom is -0.382 e.